The fraction of sp³-hybridized carbons (Fsp3) is 0.333. The van der Waals surface area contributed by atoms with Gasteiger partial charge in [-0.15, -0.1) is 11.3 Å². The number of carbonyl (C=O) groups excluding carboxylic acids is 2. The van der Waals surface area contributed by atoms with Gasteiger partial charge in [0.1, 0.15) is 6.04 Å². The highest BCUT2D eigenvalue weighted by atomic mass is 32.1. The second-order valence-corrected chi connectivity index (χ2v) is 9.08. The molecular weight excluding hydrogens is 394 g/mol. The lowest BCUT2D eigenvalue weighted by Crippen LogP contribution is -2.62. The highest BCUT2D eigenvalue weighted by molar-refractivity contribution is 7.17. The average Bonchev–Trinajstić information content (AvgIpc) is 3.45. The molecule has 2 fully saturated rings. The van der Waals surface area contributed by atoms with Crippen molar-refractivity contribution in [1.82, 2.24) is 5.32 Å². The van der Waals surface area contributed by atoms with Crippen LogP contribution in [0.5, 0.6) is 0 Å². The minimum Gasteiger partial charge on any atom is -0.360 e. The second-order valence-electron chi connectivity index (χ2n) is 8.13. The van der Waals surface area contributed by atoms with E-state index in [0.29, 0.717) is 6.54 Å². The highest BCUT2D eigenvalue weighted by Gasteiger charge is 2.39. The lowest BCUT2D eigenvalue weighted by atomic mass is 10.1. The number of piperazine rings is 1. The smallest absolute Gasteiger partial charge is 0.247 e. The van der Waals surface area contributed by atoms with Crippen LogP contribution in [-0.4, -0.2) is 37.0 Å². The van der Waals surface area contributed by atoms with Gasteiger partial charge in [0, 0.05) is 28.7 Å². The van der Waals surface area contributed by atoms with Crippen molar-refractivity contribution in [3.8, 4) is 0 Å². The van der Waals surface area contributed by atoms with Gasteiger partial charge < -0.3 is 10.2 Å². The predicted octanol–water partition coefficient (Wildman–Crippen LogP) is 4.18. The first-order valence-corrected chi connectivity index (χ1v) is 11.5. The van der Waals surface area contributed by atoms with Gasteiger partial charge in [-0.3, -0.25) is 14.5 Å². The number of nitrogens with zero attached hydrogens (tertiary/aromatic N) is 2. The molecule has 154 valence electrons. The van der Waals surface area contributed by atoms with Crippen molar-refractivity contribution in [2.45, 2.75) is 37.8 Å². The van der Waals surface area contributed by atoms with Gasteiger partial charge in [-0.2, -0.15) is 0 Å². The number of fused-ring (bicyclic) bond motifs is 1. The van der Waals surface area contributed by atoms with Crippen molar-refractivity contribution in [1.29, 1.82) is 0 Å². The van der Waals surface area contributed by atoms with E-state index in [2.05, 4.69) is 11.4 Å². The standard InChI is InChI=1S/C24H25N3O2S/c28-23-16-26(19-8-2-1-3-9-19)15-21(24(29)25-18-6-4-5-7-18)27(23)20-11-10-17-12-13-30-22(17)14-20/h1-3,8-14,18,21H,4-7,15-16H2,(H,25,29). The van der Waals surface area contributed by atoms with Gasteiger partial charge in [0.2, 0.25) is 11.8 Å². The van der Waals surface area contributed by atoms with Crippen LogP contribution in [0, 0.1) is 0 Å². The third kappa shape index (κ3) is 3.67. The predicted molar refractivity (Wildman–Crippen MR) is 122 cm³/mol. The summed E-state index contributed by atoms with van der Waals surface area (Å²) < 4.78 is 1.13. The maximum Gasteiger partial charge on any atom is 0.247 e. The number of thiophene rings is 1. The Morgan fingerprint density at radius 3 is 2.60 bits per heavy atom. The van der Waals surface area contributed by atoms with Crippen LogP contribution in [0.2, 0.25) is 0 Å². The summed E-state index contributed by atoms with van der Waals surface area (Å²) in [6.45, 7) is 0.747. The molecule has 1 aliphatic heterocycles. The Morgan fingerprint density at radius 1 is 1.00 bits per heavy atom. The van der Waals surface area contributed by atoms with Gasteiger partial charge in [-0.1, -0.05) is 37.1 Å². The zero-order valence-corrected chi connectivity index (χ0v) is 17.6. The zero-order valence-electron chi connectivity index (χ0n) is 16.8. The number of para-hydroxylation sites is 1. The number of carbonyl (C=O) groups is 2. The molecule has 3 aromatic rings. The molecule has 0 bridgehead atoms. The molecule has 5 nitrogen and oxygen atoms in total. The molecule has 2 amide bonds. The van der Waals surface area contributed by atoms with Crippen molar-refractivity contribution in [3.63, 3.8) is 0 Å². The SMILES string of the molecule is O=C(NC1CCCC1)C1CN(c2ccccc2)CC(=O)N1c1ccc2ccsc2c1. The van der Waals surface area contributed by atoms with E-state index >= 15 is 0 Å². The lowest BCUT2D eigenvalue weighted by Gasteiger charge is -2.41. The van der Waals surface area contributed by atoms with Gasteiger partial charge in [-0.05, 0) is 53.9 Å². The number of hydrogen-bond donors (Lipinski definition) is 1. The topological polar surface area (TPSA) is 52.7 Å². The first-order valence-electron chi connectivity index (χ1n) is 10.6. The first-order chi connectivity index (χ1) is 14.7. The molecular formula is C24H25N3O2S. The molecule has 1 atom stereocenters. The van der Waals surface area contributed by atoms with Crippen molar-refractivity contribution in [2.75, 3.05) is 22.9 Å². The third-order valence-corrected chi connectivity index (χ3v) is 7.02. The maximum absolute atomic E-state index is 13.3. The molecule has 2 aromatic carbocycles. The number of hydrogen-bond acceptors (Lipinski definition) is 4. The molecule has 2 aliphatic rings. The Hall–Kier alpha value is -2.86. The van der Waals surface area contributed by atoms with Crippen molar-refractivity contribution in [3.05, 3.63) is 60.0 Å². The Morgan fingerprint density at radius 2 is 1.80 bits per heavy atom. The third-order valence-electron chi connectivity index (χ3n) is 6.14. The number of nitrogens with one attached hydrogen (secondary N) is 1. The summed E-state index contributed by atoms with van der Waals surface area (Å²) in [7, 11) is 0. The van der Waals surface area contributed by atoms with Crippen LogP contribution < -0.4 is 15.1 Å². The number of benzene rings is 2. The minimum absolute atomic E-state index is 0.0485. The molecule has 1 N–H and O–H groups in total. The van der Waals surface area contributed by atoms with Gasteiger partial charge in [-0.25, -0.2) is 0 Å². The fourth-order valence-electron chi connectivity index (χ4n) is 4.59. The van der Waals surface area contributed by atoms with Crippen LogP contribution in [0.15, 0.2) is 60.0 Å². The van der Waals surface area contributed by atoms with Gasteiger partial charge >= 0.3 is 0 Å². The van der Waals surface area contributed by atoms with E-state index in [4.69, 9.17) is 0 Å². The van der Waals surface area contributed by atoms with E-state index in [-0.39, 0.29) is 24.4 Å². The normalized spacial score (nSPS) is 20.1. The molecule has 1 aliphatic carbocycles. The van der Waals surface area contributed by atoms with Gasteiger partial charge in [0.05, 0.1) is 6.54 Å². The maximum atomic E-state index is 13.3. The fourth-order valence-corrected chi connectivity index (χ4v) is 5.41. The van der Waals surface area contributed by atoms with Gasteiger partial charge in [0.25, 0.3) is 0 Å². The monoisotopic (exact) mass is 419 g/mol. The second kappa shape index (κ2) is 8.11. The summed E-state index contributed by atoms with van der Waals surface area (Å²) in [5.74, 6) is -0.102. The van der Waals surface area contributed by atoms with E-state index in [1.807, 2.05) is 58.8 Å². The van der Waals surface area contributed by atoms with Crippen LogP contribution >= 0.6 is 11.3 Å². The lowest BCUT2D eigenvalue weighted by molar-refractivity contribution is -0.127. The molecule has 0 radical (unpaired) electrons. The van der Waals surface area contributed by atoms with E-state index < -0.39 is 6.04 Å². The summed E-state index contributed by atoms with van der Waals surface area (Å²) in [6, 6.07) is 17.6. The summed E-state index contributed by atoms with van der Waals surface area (Å²) in [5.41, 5.74) is 1.77. The van der Waals surface area contributed by atoms with Gasteiger partial charge in [0.15, 0.2) is 0 Å². The molecule has 1 saturated heterocycles. The number of anilines is 2. The van der Waals surface area contributed by atoms with E-state index in [1.54, 1.807) is 16.2 Å². The van der Waals surface area contributed by atoms with E-state index in [0.717, 1.165) is 47.1 Å². The minimum atomic E-state index is -0.551. The van der Waals surface area contributed by atoms with E-state index in [1.165, 1.54) is 0 Å². The van der Waals surface area contributed by atoms with Crippen molar-refractivity contribution in [2.24, 2.45) is 0 Å². The molecule has 1 saturated carbocycles. The highest BCUT2D eigenvalue weighted by Crippen LogP contribution is 2.30. The summed E-state index contributed by atoms with van der Waals surface area (Å²) in [4.78, 5) is 30.4. The van der Waals surface area contributed by atoms with Crippen molar-refractivity contribution < 1.29 is 9.59 Å². The number of rotatable bonds is 4. The van der Waals surface area contributed by atoms with Crippen molar-refractivity contribution >= 4 is 44.6 Å². The molecule has 6 heteroatoms. The Kier molecular flexibility index (Phi) is 5.17. The summed E-state index contributed by atoms with van der Waals surface area (Å²) >= 11 is 1.65. The van der Waals surface area contributed by atoms with Crippen LogP contribution in [0.3, 0.4) is 0 Å². The molecule has 2 heterocycles. The number of amides is 2. The Labute approximate surface area is 180 Å². The Bertz CT molecular complexity index is 1060. The average molecular weight is 420 g/mol. The van der Waals surface area contributed by atoms with Crippen LogP contribution in [-0.2, 0) is 9.59 Å². The molecule has 1 unspecified atom stereocenters. The molecule has 30 heavy (non-hydrogen) atoms. The van der Waals surface area contributed by atoms with E-state index in [9.17, 15) is 9.59 Å². The molecule has 0 spiro atoms. The molecule has 5 rings (SSSR count). The zero-order chi connectivity index (χ0) is 20.5. The van der Waals surface area contributed by atoms with Crippen LogP contribution in [0.25, 0.3) is 10.1 Å². The largest absolute Gasteiger partial charge is 0.360 e. The Balaban J connectivity index is 1.48. The summed E-state index contributed by atoms with van der Waals surface area (Å²) in [5, 5.41) is 6.42. The molecule has 1 aromatic heterocycles. The van der Waals surface area contributed by atoms with Crippen LogP contribution in [0.1, 0.15) is 25.7 Å². The first kappa shape index (κ1) is 19.1. The van der Waals surface area contributed by atoms with Crippen LogP contribution in [0.4, 0.5) is 11.4 Å². The summed E-state index contributed by atoms with van der Waals surface area (Å²) in [6.07, 6.45) is 4.36. The quantitative estimate of drug-likeness (QED) is 0.690.